The van der Waals surface area contributed by atoms with E-state index < -0.39 is 0 Å². The van der Waals surface area contributed by atoms with Crippen LogP contribution in [-0.2, 0) is 6.54 Å². The van der Waals surface area contributed by atoms with Gasteiger partial charge in [-0.2, -0.15) is 0 Å². The first kappa shape index (κ1) is 19.8. The van der Waals surface area contributed by atoms with Crippen molar-refractivity contribution in [3.05, 3.63) is 57.6 Å². The SMILES string of the molecule is CC(C)n1cnc2cc(N3CCN(c4nccn(CC5CC5)c4=O)CC3)ccc2c1=O. The first-order chi connectivity index (χ1) is 15.0. The molecule has 8 heteroatoms. The molecule has 0 radical (unpaired) electrons. The molecule has 0 atom stereocenters. The van der Waals surface area contributed by atoms with Crippen molar-refractivity contribution in [1.82, 2.24) is 19.1 Å². The van der Waals surface area contributed by atoms with E-state index in [1.54, 1.807) is 23.3 Å². The maximum atomic E-state index is 12.8. The first-order valence-electron chi connectivity index (χ1n) is 11.1. The summed E-state index contributed by atoms with van der Waals surface area (Å²) < 4.78 is 3.47. The van der Waals surface area contributed by atoms with Crippen LogP contribution in [0.15, 0.2) is 46.5 Å². The van der Waals surface area contributed by atoms with E-state index in [1.807, 2.05) is 36.6 Å². The van der Waals surface area contributed by atoms with Crippen LogP contribution in [0.1, 0.15) is 32.7 Å². The fourth-order valence-electron chi connectivity index (χ4n) is 4.24. The second kappa shape index (κ2) is 7.83. The maximum absolute atomic E-state index is 12.8. The molecule has 8 nitrogen and oxygen atoms in total. The number of nitrogens with zero attached hydrogens (tertiary/aromatic N) is 6. The molecule has 2 aromatic heterocycles. The first-order valence-corrected chi connectivity index (χ1v) is 11.1. The minimum Gasteiger partial charge on any atom is -0.368 e. The Bertz CT molecular complexity index is 1220. The zero-order valence-electron chi connectivity index (χ0n) is 18.1. The lowest BCUT2D eigenvalue weighted by atomic mass is 10.2. The Kier molecular flexibility index (Phi) is 5.00. The lowest BCUT2D eigenvalue weighted by Gasteiger charge is -2.36. The summed E-state index contributed by atoms with van der Waals surface area (Å²) in [6.45, 7) is 7.79. The fourth-order valence-corrected chi connectivity index (χ4v) is 4.24. The Labute approximate surface area is 180 Å². The molecule has 3 aromatic rings. The predicted molar refractivity (Wildman–Crippen MR) is 122 cm³/mol. The van der Waals surface area contributed by atoms with Crippen molar-refractivity contribution < 1.29 is 0 Å². The molecule has 31 heavy (non-hydrogen) atoms. The largest absolute Gasteiger partial charge is 0.368 e. The Balaban J connectivity index is 1.32. The van der Waals surface area contributed by atoms with Gasteiger partial charge in [0.1, 0.15) is 0 Å². The lowest BCUT2D eigenvalue weighted by molar-refractivity contribution is 0.573. The number of hydrogen-bond donors (Lipinski definition) is 0. The third-order valence-corrected chi connectivity index (χ3v) is 6.32. The van der Waals surface area contributed by atoms with E-state index in [1.165, 1.54) is 12.8 Å². The van der Waals surface area contributed by atoms with Gasteiger partial charge in [0.25, 0.3) is 11.1 Å². The number of hydrogen-bond acceptors (Lipinski definition) is 6. The van der Waals surface area contributed by atoms with Crippen LogP contribution in [0.25, 0.3) is 10.9 Å². The van der Waals surface area contributed by atoms with E-state index >= 15 is 0 Å². The summed E-state index contributed by atoms with van der Waals surface area (Å²) in [5.41, 5.74) is 1.77. The van der Waals surface area contributed by atoms with Crippen LogP contribution in [0, 0.1) is 5.92 Å². The van der Waals surface area contributed by atoms with E-state index in [0.717, 1.165) is 43.9 Å². The molecule has 1 aliphatic heterocycles. The normalized spacial score (nSPS) is 17.0. The van der Waals surface area contributed by atoms with E-state index in [2.05, 4.69) is 19.8 Å². The molecule has 1 saturated carbocycles. The zero-order valence-corrected chi connectivity index (χ0v) is 18.1. The van der Waals surface area contributed by atoms with Crippen molar-refractivity contribution in [1.29, 1.82) is 0 Å². The molecule has 2 aliphatic rings. The Hall–Kier alpha value is -3.16. The number of rotatable bonds is 5. The van der Waals surface area contributed by atoms with Gasteiger partial charge in [-0.1, -0.05) is 0 Å². The number of fused-ring (bicyclic) bond motifs is 1. The molecule has 0 unspecified atom stereocenters. The summed E-state index contributed by atoms with van der Waals surface area (Å²) >= 11 is 0. The number of benzene rings is 1. The minimum absolute atomic E-state index is 0.00556. The van der Waals surface area contributed by atoms with Gasteiger partial charge >= 0.3 is 0 Å². The van der Waals surface area contributed by atoms with Gasteiger partial charge in [0.05, 0.1) is 17.2 Å². The summed E-state index contributed by atoms with van der Waals surface area (Å²) in [5.74, 6) is 1.20. The fraction of sp³-hybridized carbons (Fsp3) is 0.478. The van der Waals surface area contributed by atoms with Gasteiger partial charge in [0.15, 0.2) is 5.82 Å². The van der Waals surface area contributed by atoms with Crippen LogP contribution < -0.4 is 20.9 Å². The number of anilines is 2. The average Bonchev–Trinajstić information content (AvgIpc) is 3.59. The summed E-state index contributed by atoms with van der Waals surface area (Å²) in [6.07, 6.45) is 7.61. The summed E-state index contributed by atoms with van der Waals surface area (Å²) in [7, 11) is 0. The van der Waals surface area contributed by atoms with E-state index in [9.17, 15) is 9.59 Å². The Morgan fingerprint density at radius 1 is 1.00 bits per heavy atom. The Morgan fingerprint density at radius 3 is 2.45 bits per heavy atom. The van der Waals surface area contributed by atoms with E-state index in [4.69, 9.17) is 0 Å². The quantitative estimate of drug-likeness (QED) is 0.630. The molecule has 0 spiro atoms. The highest BCUT2D eigenvalue weighted by Crippen LogP contribution is 2.30. The third-order valence-electron chi connectivity index (χ3n) is 6.32. The highest BCUT2D eigenvalue weighted by molar-refractivity contribution is 5.81. The van der Waals surface area contributed by atoms with Crippen molar-refractivity contribution in [3.63, 3.8) is 0 Å². The van der Waals surface area contributed by atoms with Gasteiger partial charge < -0.3 is 14.4 Å². The van der Waals surface area contributed by atoms with Crippen LogP contribution in [-0.4, -0.2) is 45.3 Å². The van der Waals surface area contributed by atoms with Gasteiger partial charge in [-0.05, 0) is 50.8 Å². The van der Waals surface area contributed by atoms with Gasteiger partial charge in [-0.25, -0.2) is 9.97 Å². The second-order valence-electron chi connectivity index (χ2n) is 8.88. The molecule has 3 heterocycles. The van der Waals surface area contributed by atoms with Crippen LogP contribution in [0.3, 0.4) is 0 Å². The number of aromatic nitrogens is 4. The Morgan fingerprint density at radius 2 is 1.74 bits per heavy atom. The topological polar surface area (TPSA) is 76.3 Å². The molecule has 2 fully saturated rings. The molecule has 162 valence electrons. The molecular weight excluding hydrogens is 392 g/mol. The molecule has 1 saturated heterocycles. The molecule has 0 amide bonds. The van der Waals surface area contributed by atoms with Gasteiger partial charge in [0, 0.05) is 56.8 Å². The van der Waals surface area contributed by atoms with Crippen molar-refractivity contribution in [3.8, 4) is 0 Å². The van der Waals surface area contributed by atoms with Gasteiger partial charge in [-0.3, -0.25) is 14.2 Å². The van der Waals surface area contributed by atoms with Crippen molar-refractivity contribution in [2.24, 2.45) is 5.92 Å². The van der Waals surface area contributed by atoms with Crippen molar-refractivity contribution in [2.45, 2.75) is 39.3 Å². The molecular formula is C23H28N6O2. The van der Waals surface area contributed by atoms with Gasteiger partial charge in [0.2, 0.25) is 0 Å². The minimum atomic E-state index is -0.00556. The van der Waals surface area contributed by atoms with Crippen LogP contribution in [0.4, 0.5) is 11.5 Å². The van der Waals surface area contributed by atoms with Crippen LogP contribution in [0.5, 0.6) is 0 Å². The van der Waals surface area contributed by atoms with E-state index in [0.29, 0.717) is 17.1 Å². The monoisotopic (exact) mass is 420 g/mol. The zero-order chi connectivity index (χ0) is 21.5. The van der Waals surface area contributed by atoms with Crippen molar-refractivity contribution in [2.75, 3.05) is 36.0 Å². The van der Waals surface area contributed by atoms with E-state index in [-0.39, 0.29) is 17.2 Å². The van der Waals surface area contributed by atoms with Crippen LogP contribution in [0.2, 0.25) is 0 Å². The highest BCUT2D eigenvalue weighted by atomic mass is 16.1. The average molecular weight is 421 g/mol. The molecule has 5 rings (SSSR count). The van der Waals surface area contributed by atoms with Crippen LogP contribution >= 0.6 is 0 Å². The predicted octanol–water partition coefficient (Wildman–Crippen LogP) is 2.27. The molecule has 0 bridgehead atoms. The number of piperazine rings is 1. The summed E-state index contributed by atoms with van der Waals surface area (Å²) in [6, 6.07) is 5.94. The smallest absolute Gasteiger partial charge is 0.293 e. The molecule has 1 aliphatic carbocycles. The highest BCUT2D eigenvalue weighted by Gasteiger charge is 2.25. The molecule has 0 N–H and O–H groups in total. The third kappa shape index (κ3) is 3.82. The molecule has 1 aromatic carbocycles. The van der Waals surface area contributed by atoms with Gasteiger partial charge in [-0.15, -0.1) is 0 Å². The lowest BCUT2D eigenvalue weighted by Crippen LogP contribution is -2.48. The summed E-state index contributed by atoms with van der Waals surface area (Å²) in [4.78, 5) is 38.7. The maximum Gasteiger partial charge on any atom is 0.293 e. The van der Waals surface area contributed by atoms with Crippen molar-refractivity contribution >= 4 is 22.4 Å². The summed E-state index contributed by atoms with van der Waals surface area (Å²) in [5, 5.41) is 0.642. The standard InChI is InChI=1S/C23H28N6O2/c1-16(2)29-15-25-20-13-18(5-6-19(20)22(29)30)26-9-11-27(12-10-26)21-23(31)28(8-7-24-21)14-17-3-4-17/h5-8,13,15-17H,3-4,9-12,14H2,1-2H3. The second-order valence-corrected chi connectivity index (χ2v) is 8.88.